The summed E-state index contributed by atoms with van der Waals surface area (Å²) in [5.41, 5.74) is 0. The Balaban J connectivity index is 2.15. The van der Waals surface area contributed by atoms with Crippen molar-refractivity contribution in [1.29, 1.82) is 0 Å². The summed E-state index contributed by atoms with van der Waals surface area (Å²) in [5, 5.41) is 3.41. The minimum absolute atomic E-state index is 0.754. The molecule has 0 saturated carbocycles. The second-order valence-electron chi connectivity index (χ2n) is 6.44. The molecule has 1 N–H and O–H groups in total. The van der Waals surface area contributed by atoms with Crippen LogP contribution in [0.25, 0.3) is 0 Å². The number of nitrogens with zero attached hydrogens (tertiary/aromatic N) is 3. The van der Waals surface area contributed by atoms with Crippen LogP contribution in [0.5, 0.6) is 0 Å². The second-order valence-corrected chi connectivity index (χ2v) is 6.44. The highest BCUT2D eigenvalue weighted by Crippen LogP contribution is 2.28. The minimum atomic E-state index is 0.754. The monoisotopic (exact) mass is 290 g/mol. The second kappa shape index (κ2) is 7.62. The van der Waals surface area contributed by atoms with Gasteiger partial charge in [0.2, 0.25) is 0 Å². The lowest BCUT2D eigenvalue weighted by Gasteiger charge is -2.20. The largest absolute Gasteiger partial charge is 0.370 e. The van der Waals surface area contributed by atoms with Crippen LogP contribution in [0, 0.1) is 11.8 Å². The molecule has 1 aliphatic rings. The van der Waals surface area contributed by atoms with E-state index in [1.807, 2.05) is 0 Å². The zero-order chi connectivity index (χ0) is 15.2. The molecule has 0 radical (unpaired) electrons. The number of hydrogen-bond acceptors (Lipinski definition) is 4. The summed E-state index contributed by atoms with van der Waals surface area (Å²) in [7, 11) is 0. The van der Waals surface area contributed by atoms with Gasteiger partial charge in [0.15, 0.2) is 0 Å². The predicted octanol–water partition coefficient (Wildman–Crippen LogP) is 3.73. The first-order valence-corrected chi connectivity index (χ1v) is 8.50. The molecule has 4 heteroatoms. The SMILES string of the molecule is CCCNc1cc(N2CCC(C(C)C)C2)nc(CCC)n1. The number of aryl methyl sites for hydroxylation is 1. The van der Waals surface area contributed by atoms with Gasteiger partial charge in [-0.15, -0.1) is 0 Å². The van der Waals surface area contributed by atoms with Crippen LogP contribution < -0.4 is 10.2 Å². The van der Waals surface area contributed by atoms with Crippen molar-refractivity contribution in [3.05, 3.63) is 11.9 Å². The number of anilines is 2. The van der Waals surface area contributed by atoms with E-state index in [0.29, 0.717) is 0 Å². The molecule has 0 aromatic carbocycles. The van der Waals surface area contributed by atoms with Crippen LogP contribution >= 0.6 is 0 Å². The van der Waals surface area contributed by atoms with Gasteiger partial charge in [0.05, 0.1) is 0 Å². The summed E-state index contributed by atoms with van der Waals surface area (Å²) in [4.78, 5) is 11.9. The molecule has 118 valence electrons. The van der Waals surface area contributed by atoms with E-state index in [1.54, 1.807) is 0 Å². The molecule has 2 heterocycles. The fourth-order valence-corrected chi connectivity index (χ4v) is 2.86. The van der Waals surface area contributed by atoms with Gasteiger partial charge in [-0.25, -0.2) is 9.97 Å². The third kappa shape index (κ3) is 4.32. The van der Waals surface area contributed by atoms with Gasteiger partial charge < -0.3 is 10.2 Å². The van der Waals surface area contributed by atoms with Crippen molar-refractivity contribution < 1.29 is 0 Å². The molecule has 4 nitrogen and oxygen atoms in total. The lowest BCUT2D eigenvalue weighted by atomic mass is 9.95. The molecule has 0 bridgehead atoms. The maximum absolute atomic E-state index is 4.78. The summed E-state index contributed by atoms with van der Waals surface area (Å²) >= 11 is 0. The van der Waals surface area contributed by atoms with Gasteiger partial charge >= 0.3 is 0 Å². The fraction of sp³-hybridized carbons (Fsp3) is 0.765. The van der Waals surface area contributed by atoms with Crippen molar-refractivity contribution in [2.45, 2.75) is 53.4 Å². The Bertz CT molecular complexity index is 444. The Hall–Kier alpha value is -1.32. The maximum atomic E-state index is 4.78. The zero-order valence-electron chi connectivity index (χ0n) is 14.0. The van der Waals surface area contributed by atoms with Gasteiger partial charge in [-0.2, -0.15) is 0 Å². The molecule has 1 atom stereocenters. The van der Waals surface area contributed by atoms with Gasteiger partial charge in [0, 0.05) is 32.1 Å². The first kappa shape index (κ1) is 16.1. The Kier molecular flexibility index (Phi) is 5.83. The molecular weight excluding hydrogens is 260 g/mol. The molecule has 1 aliphatic heterocycles. The van der Waals surface area contributed by atoms with E-state index in [9.17, 15) is 0 Å². The minimum Gasteiger partial charge on any atom is -0.370 e. The van der Waals surface area contributed by atoms with E-state index in [2.05, 4.69) is 49.0 Å². The van der Waals surface area contributed by atoms with E-state index in [4.69, 9.17) is 4.98 Å². The van der Waals surface area contributed by atoms with Gasteiger partial charge in [0.25, 0.3) is 0 Å². The third-order valence-electron chi connectivity index (χ3n) is 4.28. The van der Waals surface area contributed by atoms with E-state index < -0.39 is 0 Å². The van der Waals surface area contributed by atoms with E-state index in [-0.39, 0.29) is 0 Å². The van der Waals surface area contributed by atoms with Crippen molar-refractivity contribution in [3.8, 4) is 0 Å². The first-order valence-electron chi connectivity index (χ1n) is 8.50. The number of rotatable bonds is 7. The Labute approximate surface area is 129 Å². The highest BCUT2D eigenvalue weighted by molar-refractivity contribution is 5.50. The molecule has 0 aliphatic carbocycles. The van der Waals surface area contributed by atoms with Gasteiger partial charge in [-0.05, 0) is 31.1 Å². The van der Waals surface area contributed by atoms with Gasteiger partial charge in [-0.3, -0.25) is 0 Å². The van der Waals surface area contributed by atoms with Crippen molar-refractivity contribution in [2.75, 3.05) is 29.9 Å². The molecular formula is C17H30N4. The smallest absolute Gasteiger partial charge is 0.134 e. The number of nitrogens with one attached hydrogen (secondary N) is 1. The average Bonchev–Trinajstić information content (AvgIpc) is 2.95. The molecule has 0 amide bonds. The van der Waals surface area contributed by atoms with E-state index in [1.165, 1.54) is 6.42 Å². The Morgan fingerprint density at radius 1 is 1.29 bits per heavy atom. The van der Waals surface area contributed by atoms with Crippen LogP contribution in [0.15, 0.2) is 6.07 Å². The highest BCUT2D eigenvalue weighted by atomic mass is 15.2. The van der Waals surface area contributed by atoms with Crippen LogP contribution in [-0.2, 0) is 6.42 Å². The maximum Gasteiger partial charge on any atom is 0.134 e. The molecule has 1 aromatic rings. The van der Waals surface area contributed by atoms with E-state index in [0.717, 1.165) is 68.2 Å². The summed E-state index contributed by atoms with van der Waals surface area (Å²) < 4.78 is 0. The molecule has 2 rings (SSSR count). The molecule has 1 unspecified atom stereocenters. The summed E-state index contributed by atoms with van der Waals surface area (Å²) in [6.07, 6.45) is 4.44. The van der Waals surface area contributed by atoms with Crippen molar-refractivity contribution in [3.63, 3.8) is 0 Å². The quantitative estimate of drug-likeness (QED) is 0.830. The molecule has 1 aromatic heterocycles. The van der Waals surface area contributed by atoms with Crippen LogP contribution in [0.4, 0.5) is 11.6 Å². The van der Waals surface area contributed by atoms with Crippen molar-refractivity contribution in [1.82, 2.24) is 9.97 Å². The molecule has 1 saturated heterocycles. The van der Waals surface area contributed by atoms with Crippen molar-refractivity contribution in [2.24, 2.45) is 11.8 Å². The Morgan fingerprint density at radius 2 is 2.10 bits per heavy atom. The molecule has 21 heavy (non-hydrogen) atoms. The van der Waals surface area contributed by atoms with Gasteiger partial charge in [0.1, 0.15) is 17.5 Å². The number of hydrogen-bond donors (Lipinski definition) is 1. The van der Waals surface area contributed by atoms with Crippen LogP contribution in [-0.4, -0.2) is 29.6 Å². The lowest BCUT2D eigenvalue weighted by Crippen LogP contribution is -2.23. The van der Waals surface area contributed by atoms with Gasteiger partial charge in [-0.1, -0.05) is 27.7 Å². The summed E-state index contributed by atoms with van der Waals surface area (Å²) in [6, 6.07) is 2.12. The first-order chi connectivity index (χ1) is 10.1. The molecule has 1 fully saturated rings. The summed E-state index contributed by atoms with van der Waals surface area (Å²) in [5.74, 6) is 4.61. The number of aromatic nitrogens is 2. The fourth-order valence-electron chi connectivity index (χ4n) is 2.86. The normalized spacial score (nSPS) is 18.5. The van der Waals surface area contributed by atoms with Crippen molar-refractivity contribution >= 4 is 11.6 Å². The standard InChI is InChI=1S/C17H30N4/c1-5-7-15-19-16(18-9-6-2)11-17(20-15)21-10-8-14(12-21)13(3)4/h11,13-14H,5-10,12H2,1-4H3,(H,18,19,20). The van der Waals surface area contributed by atoms with Crippen LogP contribution in [0.1, 0.15) is 52.8 Å². The van der Waals surface area contributed by atoms with Crippen LogP contribution in [0.2, 0.25) is 0 Å². The van der Waals surface area contributed by atoms with Crippen LogP contribution in [0.3, 0.4) is 0 Å². The highest BCUT2D eigenvalue weighted by Gasteiger charge is 2.26. The predicted molar refractivity (Wildman–Crippen MR) is 90.0 cm³/mol. The van der Waals surface area contributed by atoms with E-state index >= 15 is 0 Å². The average molecular weight is 290 g/mol. The molecule has 0 spiro atoms. The summed E-state index contributed by atoms with van der Waals surface area (Å²) in [6.45, 7) is 12.2. The third-order valence-corrected chi connectivity index (χ3v) is 4.28. The lowest BCUT2D eigenvalue weighted by molar-refractivity contribution is 0.422. The Morgan fingerprint density at radius 3 is 2.71 bits per heavy atom. The zero-order valence-corrected chi connectivity index (χ0v) is 14.0. The topological polar surface area (TPSA) is 41.0 Å².